The number of hydrogen-bond acceptors (Lipinski definition) is 3. The van der Waals surface area contributed by atoms with Crippen LogP contribution in [0.3, 0.4) is 0 Å². The smallest absolute Gasteiger partial charge is 0.162 e. The predicted octanol–water partition coefficient (Wildman–Crippen LogP) is 8.41. The van der Waals surface area contributed by atoms with Crippen LogP contribution < -0.4 is 14.2 Å². The van der Waals surface area contributed by atoms with Gasteiger partial charge in [0.05, 0.1) is 6.10 Å². The summed E-state index contributed by atoms with van der Waals surface area (Å²) in [6, 6.07) is 32.5. The largest absolute Gasteiger partial charge is 0.489 e. The quantitative estimate of drug-likeness (QED) is 0.140. The van der Waals surface area contributed by atoms with E-state index in [2.05, 4.69) is 71.1 Å². The monoisotopic (exact) mass is 576 g/mol. The third-order valence-corrected chi connectivity index (χ3v) is 6.22. The van der Waals surface area contributed by atoms with E-state index in [9.17, 15) is 0 Å². The van der Waals surface area contributed by atoms with Crippen LogP contribution in [-0.4, -0.2) is 6.10 Å². The summed E-state index contributed by atoms with van der Waals surface area (Å²) < 4.78 is 19.3. The summed E-state index contributed by atoms with van der Waals surface area (Å²) in [6.45, 7) is 5.09. The first-order valence-corrected chi connectivity index (χ1v) is 12.8. The van der Waals surface area contributed by atoms with Gasteiger partial charge in [-0.1, -0.05) is 78.9 Å². The molecule has 178 valence electrons. The summed E-state index contributed by atoms with van der Waals surface area (Å²) >= 11 is 2.35. The van der Waals surface area contributed by atoms with Crippen LogP contribution in [0, 0.1) is 3.57 Å². The Bertz CT molecular complexity index is 1250. The molecule has 4 aromatic rings. The summed E-state index contributed by atoms with van der Waals surface area (Å²) in [5, 5.41) is 0. The van der Waals surface area contributed by atoms with Gasteiger partial charge in [0.2, 0.25) is 0 Å². The normalized spacial score (nSPS) is 11.1. The molecule has 0 fully saturated rings. The first kappa shape index (κ1) is 24.9. The minimum Gasteiger partial charge on any atom is -0.489 e. The zero-order chi connectivity index (χ0) is 24.5. The molecular formula is C31H29IO3. The third-order valence-electron chi connectivity index (χ3n) is 5.24. The van der Waals surface area contributed by atoms with Crippen molar-refractivity contribution in [3.63, 3.8) is 0 Å². The number of rotatable bonds is 10. The molecule has 0 saturated carbocycles. The first-order chi connectivity index (χ1) is 17.1. The van der Waals surface area contributed by atoms with E-state index in [1.165, 1.54) is 0 Å². The molecule has 0 atom stereocenters. The summed E-state index contributed by atoms with van der Waals surface area (Å²) in [5.41, 5.74) is 4.41. The van der Waals surface area contributed by atoms with Gasteiger partial charge in [0, 0.05) is 3.57 Å². The van der Waals surface area contributed by atoms with Crippen LogP contribution in [0.5, 0.6) is 17.2 Å². The van der Waals surface area contributed by atoms with Crippen LogP contribution in [0.1, 0.15) is 36.1 Å². The lowest BCUT2D eigenvalue weighted by molar-refractivity contribution is 0.218. The van der Waals surface area contributed by atoms with E-state index in [-0.39, 0.29) is 6.10 Å². The van der Waals surface area contributed by atoms with Gasteiger partial charge in [0.25, 0.3) is 0 Å². The van der Waals surface area contributed by atoms with Crippen molar-refractivity contribution in [2.45, 2.75) is 33.2 Å². The molecule has 0 N–H and O–H groups in total. The van der Waals surface area contributed by atoms with Crippen molar-refractivity contribution in [2.75, 3.05) is 0 Å². The molecule has 0 aromatic heterocycles. The topological polar surface area (TPSA) is 27.7 Å². The van der Waals surface area contributed by atoms with Gasteiger partial charge in [-0.15, -0.1) is 0 Å². The summed E-state index contributed by atoms with van der Waals surface area (Å²) in [4.78, 5) is 0. The molecule has 4 heteroatoms. The van der Waals surface area contributed by atoms with Crippen LogP contribution >= 0.6 is 22.6 Å². The maximum atomic E-state index is 6.07. The molecule has 0 saturated heterocycles. The lowest BCUT2D eigenvalue weighted by Crippen LogP contribution is -2.07. The van der Waals surface area contributed by atoms with E-state index < -0.39 is 0 Å². The second-order valence-corrected chi connectivity index (χ2v) is 9.60. The summed E-state index contributed by atoms with van der Waals surface area (Å²) in [6.07, 6.45) is 4.25. The van der Waals surface area contributed by atoms with Gasteiger partial charge in [0.1, 0.15) is 19.0 Å². The molecule has 35 heavy (non-hydrogen) atoms. The van der Waals surface area contributed by atoms with Gasteiger partial charge in [-0.2, -0.15) is 0 Å². The summed E-state index contributed by atoms with van der Waals surface area (Å²) in [5.74, 6) is 2.33. The van der Waals surface area contributed by atoms with Crippen molar-refractivity contribution in [3.8, 4) is 17.2 Å². The van der Waals surface area contributed by atoms with Crippen LogP contribution in [0.25, 0.3) is 12.2 Å². The standard InChI is InChI=1S/C31H29IO3/c1-23(2)35-31-19-24(14-18-30(31)34-22-26-11-7-4-8-12-26)13-15-27-20-28(16-17-29(27)32)33-21-25-9-5-3-6-10-25/h3-20,23H,21-22H2,1-2H3/b15-13-. The molecule has 0 spiro atoms. The zero-order valence-corrected chi connectivity index (χ0v) is 22.1. The fourth-order valence-corrected chi connectivity index (χ4v) is 4.01. The number of hydrogen-bond donors (Lipinski definition) is 0. The molecule has 0 heterocycles. The van der Waals surface area contributed by atoms with Crippen molar-refractivity contribution in [3.05, 3.63) is 123 Å². The van der Waals surface area contributed by atoms with Gasteiger partial charge >= 0.3 is 0 Å². The average molecular weight is 576 g/mol. The number of benzene rings is 4. The Morgan fingerprint density at radius 3 is 2.00 bits per heavy atom. The first-order valence-electron chi connectivity index (χ1n) is 11.7. The lowest BCUT2D eigenvalue weighted by Gasteiger charge is -2.16. The molecule has 0 amide bonds. The van der Waals surface area contributed by atoms with Crippen molar-refractivity contribution in [2.24, 2.45) is 0 Å². The van der Waals surface area contributed by atoms with Gasteiger partial charge in [-0.3, -0.25) is 0 Å². The van der Waals surface area contributed by atoms with E-state index in [1.54, 1.807) is 0 Å². The van der Waals surface area contributed by atoms with Crippen molar-refractivity contribution in [1.29, 1.82) is 0 Å². The van der Waals surface area contributed by atoms with E-state index in [1.807, 2.05) is 74.5 Å². The molecule has 3 nitrogen and oxygen atoms in total. The zero-order valence-electron chi connectivity index (χ0n) is 20.0. The van der Waals surface area contributed by atoms with Gasteiger partial charge in [-0.05, 0) is 89.0 Å². The van der Waals surface area contributed by atoms with Crippen LogP contribution in [0.15, 0.2) is 97.1 Å². The Hall–Kier alpha value is -3.25. The van der Waals surface area contributed by atoms with Crippen molar-refractivity contribution >= 4 is 34.7 Å². The van der Waals surface area contributed by atoms with Crippen LogP contribution in [0.2, 0.25) is 0 Å². The van der Waals surface area contributed by atoms with E-state index >= 15 is 0 Å². The Kier molecular flexibility index (Phi) is 8.85. The molecular weight excluding hydrogens is 547 g/mol. The third kappa shape index (κ3) is 7.62. The molecule has 4 rings (SSSR count). The molecule has 0 aliphatic heterocycles. The van der Waals surface area contributed by atoms with Gasteiger partial charge in [-0.25, -0.2) is 0 Å². The molecule has 0 unspecified atom stereocenters. The van der Waals surface area contributed by atoms with E-state index in [0.29, 0.717) is 13.2 Å². The predicted molar refractivity (Wildman–Crippen MR) is 152 cm³/mol. The number of halogens is 1. The van der Waals surface area contributed by atoms with Gasteiger partial charge < -0.3 is 14.2 Å². The molecule has 0 bridgehead atoms. The maximum absolute atomic E-state index is 6.07. The molecule has 0 radical (unpaired) electrons. The second kappa shape index (κ2) is 12.5. The molecule has 4 aromatic carbocycles. The fourth-order valence-electron chi connectivity index (χ4n) is 3.50. The van der Waals surface area contributed by atoms with Crippen molar-refractivity contribution < 1.29 is 14.2 Å². The van der Waals surface area contributed by atoms with E-state index in [4.69, 9.17) is 14.2 Å². The summed E-state index contributed by atoms with van der Waals surface area (Å²) in [7, 11) is 0. The van der Waals surface area contributed by atoms with Crippen LogP contribution in [0.4, 0.5) is 0 Å². The number of ether oxygens (including phenoxy) is 3. The highest BCUT2D eigenvalue weighted by Gasteiger charge is 2.09. The highest BCUT2D eigenvalue weighted by molar-refractivity contribution is 14.1. The van der Waals surface area contributed by atoms with Gasteiger partial charge in [0.15, 0.2) is 11.5 Å². The Balaban J connectivity index is 1.48. The highest BCUT2D eigenvalue weighted by Crippen LogP contribution is 2.31. The highest BCUT2D eigenvalue weighted by atomic mass is 127. The minimum atomic E-state index is 0.0488. The lowest BCUT2D eigenvalue weighted by atomic mass is 10.1. The SMILES string of the molecule is CC(C)Oc1cc(/C=C\c2cc(OCc3ccccc3)ccc2I)ccc1OCc1ccccc1. The van der Waals surface area contributed by atoms with Crippen LogP contribution in [-0.2, 0) is 13.2 Å². The maximum Gasteiger partial charge on any atom is 0.162 e. The Labute approximate surface area is 221 Å². The molecule has 0 aliphatic carbocycles. The van der Waals surface area contributed by atoms with E-state index in [0.717, 1.165) is 43.1 Å². The second-order valence-electron chi connectivity index (χ2n) is 8.44. The fraction of sp³-hybridized carbons (Fsp3) is 0.161. The molecule has 0 aliphatic rings. The Morgan fingerprint density at radius 2 is 1.34 bits per heavy atom. The average Bonchev–Trinajstić information content (AvgIpc) is 2.88. The minimum absolute atomic E-state index is 0.0488. The van der Waals surface area contributed by atoms with Crippen molar-refractivity contribution in [1.82, 2.24) is 0 Å². The Morgan fingerprint density at radius 1 is 0.686 bits per heavy atom.